The highest BCUT2D eigenvalue weighted by atomic mass is 35.5. The maximum Gasteiger partial charge on any atom is 0.255 e. The van der Waals surface area contributed by atoms with E-state index < -0.39 is 0 Å². The molecule has 0 aliphatic carbocycles. The van der Waals surface area contributed by atoms with Crippen LogP contribution in [0.1, 0.15) is 45.1 Å². The van der Waals surface area contributed by atoms with Crippen molar-refractivity contribution in [2.24, 2.45) is 0 Å². The van der Waals surface area contributed by atoms with Crippen molar-refractivity contribution < 1.29 is 9.59 Å². The number of nitrogens with zero attached hydrogens (tertiary/aromatic N) is 1. The van der Waals surface area contributed by atoms with Crippen LogP contribution in [0.4, 0.5) is 0 Å². The van der Waals surface area contributed by atoms with Gasteiger partial charge in [-0.25, -0.2) is 0 Å². The minimum absolute atomic E-state index is 0.0289. The standard InChI is InChI=1S/C25H23ClN2O2/c1-17-9-11-19(12-10-17)23(28-16-20-6-2-3-8-22(20)25(28)30)14-24(29)27-15-18-5-4-7-21(26)13-18/h2-13,23H,14-16H2,1H3,(H,27,29)/t23-/m1/s1. The Bertz CT molecular complexity index is 1080. The van der Waals surface area contributed by atoms with Crippen LogP contribution in [0.25, 0.3) is 0 Å². The van der Waals surface area contributed by atoms with Crippen molar-refractivity contribution in [1.82, 2.24) is 10.2 Å². The molecule has 1 N–H and O–H groups in total. The number of nitrogens with one attached hydrogen (secondary N) is 1. The zero-order chi connectivity index (χ0) is 21.1. The smallest absolute Gasteiger partial charge is 0.255 e. The predicted octanol–water partition coefficient (Wildman–Crippen LogP) is 5.05. The first kappa shape index (κ1) is 20.2. The summed E-state index contributed by atoms with van der Waals surface area (Å²) in [6.45, 7) is 2.93. The highest BCUT2D eigenvalue weighted by Crippen LogP contribution is 2.33. The van der Waals surface area contributed by atoms with Crippen molar-refractivity contribution in [1.29, 1.82) is 0 Å². The van der Waals surface area contributed by atoms with Crippen LogP contribution < -0.4 is 5.32 Å². The maximum atomic E-state index is 13.1. The number of hydrogen-bond acceptors (Lipinski definition) is 2. The summed E-state index contributed by atoms with van der Waals surface area (Å²) < 4.78 is 0. The van der Waals surface area contributed by atoms with Crippen LogP contribution >= 0.6 is 11.6 Å². The molecule has 1 atom stereocenters. The third-order valence-electron chi connectivity index (χ3n) is 5.45. The molecule has 1 aliphatic rings. The van der Waals surface area contributed by atoms with Gasteiger partial charge in [-0.1, -0.05) is 71.8 Å². The fourth-order valence-corrected chi connectivity index (χ4v) is 4.03. The van der Waals surface area contributed by atoms with Crippen LogP contribution in [0.3, 0.4) is 0 Å². The van der Waals surface area contributed by atoms with Crippen molar-refractivity contribution >= 4 is 23.4 Å². The van der Waals surface area contributed by atoms with Crippen molar-refractivity contribution in [3.63, 3.8) is 0 Å². The number of benzene rings is 3. The Morgan fingerprint density at radius 3 is 2.57 bits per heavy atom. The zero-order valence-electron chi connectivity index (χ0n) is 16.8. The monoisotopic (exact) mass is 418 g/mol. The molecule has 3 aromatic rings. The molecule has 4 nitrogen and oxygen atoms in total. The number of rotatable bonds is 6. The van der Waals surface area contributed by atoms with Crippen molar-refractivity contribution in [3.8, 4) is 0 Å². The van der Waals surface area contributed by atoms with E-state index in [0.29, 0.717) is 23.7 Å². The number of hydrogen-bond donors (Lipinski definition) is 1. The third kappa shape index (κ3) is 4.39. The van der Waals surface area contributed by atoms with Crippen LogP contribution in [0.15, 0.2) is 72.8 Å². The topological polar surface area (TPSA) is 49.4 Å². The van der Waals surface area contributed by atoms with Crippen molar-refractivity contribution in [3.05, 3.63) is 106 Å². The van der Waals surface area contributed by atoms with E-state index in [1.165, 1.54) is 0 Å². The number of aryl methyl sites for hydroxylation is 1. The van der Waals surface area contributed by atoms with Gasteiger partial charge in [0.1, 0.15) is 0 Å². The van der Waals surface area contributed by atoms with E-state index in [0.717, 1.165) is 22.3 Å². The second-order valence-corrected chi connectivity index (χ2v) is 8.06. The van der Waals surface area contributed by atoms with Gasteiger partial charge in [0.2, 0.25) is 5.91 Å². The summed E-state index contributed by atoms with van der Waals surface area (Å²) in [6.07, 6.45) is 0.198. The van der Waals surface area contributed by atoms with Crippen LogP contribution in [-0.4, -0.2) is 16.7 Å². The lowest BCUT2D eigenvalue weighted by Crippen LogP contribution is -2.34. The molecular weight excluding hydrogens is 396 g/mol. The first-order chi connectivity index (χ1) is 14.5. The molecule has 5 heteroatoms. The average Bonchev–Trinajstić information content (AvgIpc) is 3.08. The van der Waals surface area contributed by atoms with Gasteiger partial charge in [-0.15, -0.1) is 0 Å². The Labute approximate surface area is 181 Å². The van der Waals surface area contributed by atoms with Gasteiger partial charge in [0.15, 0.2) is 0 Å². The van der Waals surface area contributed by atoms with Gasteiger partial charge in [-0.05, 0) is 41.8 Å². The summed E-state index contributed by atoms with van der Waals surface area (Å²) in [7, 11) is 0. The second-order valence-electron chi connectivity index (χ2n) is 7.63. The molecule has 1 heterocycles. The molecule has 152 valence electrons. The molecule has 0 aromatic heterocycles. The number of carbonyl (C=O) groups is 2. The van der Waals surface area contributed by atoms with Gasteiger partial charge in [0.05, 0.1) is 12.5 Å². The summed E-state index contributed by atoms with van der Waals surface area (Å²) in [4.78, 5) is 27.7. The molecule has 4 rings (SSSR count). The molecule has 0 radical (unpaired) electrons. The van der Waals surface area contributed by atoms with Crippen molar-refractivity contribution in [2.45, 2.75) is 32.5 Å². The molecule has 0 bridgehead atoms. The average molecular weight is 419 g/mol. The van der Waals surface area contributed by atoms with Crippen LogP contribution in [0, 0.1) is 6.92 Å². The molecule has 0 unspecified atom stereocenters. The fourth-order valence-electron chi connectivity index (χ4n) is 3.82. The van der Waals surface area contributed by atoms with Gasteiger partial charge in [0.25, 0.3) is 5.91 Å². The molecule has 0 fully saturated rings. The number of halogens is 1. The Kier molecular flexibility index (Phi) is 5.86. The van der Waals surface area contributed by atoms with Crippen LogP contribution in [0.2, 0.25) is 5.02 Å². The largest absolute Gasteiger partial charge is 0.352 e. The minimum Gasteiger partial charge on any atom is -0.352 e. The van der Waals surface area contributed by atoms with Gasteiger partial charge >= 0.3 is 0 Å². The molecule has 0 saturated carbocycles. The Balaban J connectivity index is 1.53. The Morgan fingerprint density at radius 2 is 1.83 bits per heavy atom. The first-order valence-corrected chi connectivity index (χ1v) is 10.4. The molecule has 3 aromatic carbocycles. The first-order valence-electron chi connectivity index (χ1n) is 9.98. The lowest BCUT2D eigenvalue weighted by atomic mass is 10.00. The summed E-state index contributed by atoms with van der Waals surface area (Å²) in [5.41, 5.74) is 4.75. The minimum atomic E-state index is -0.329. The lowest BCUT2D eigenvalue weighted by Gasteiger charge is -2.28. The van der Waals surface area contributed by atoms with Crippen LogP contribution in [-0.2, 0) is 17.9 Å². The second kappa shape index (κ2) is 8.72. The Hall–Kier alpha value is -3.11. The van der Waals surface area contributed by atoms with E-state index in [4.69, 9.17) is 11.6 Å². The highest BCUT2D eigenvalue weighted by Gasteiger charge is 2.34. The van der Waals surface area contributed by atoms with Gasteiger partial charge < -0.3 is 10.2 Å². The van der Waals surface area contributed by atoms with Gasteiger partial charge in [-0.3, -0.25) is 9.59 Å². The van der Waals surface area contributed by atoms with E-state index in [-0.39, 0.29) is 24.3 Å². The zero-order valence-corrected chi connectivity index (χ0v) is 17.5. The van der Waals surface area contributed by atoms with Crippen molar-refractivity contribution in [2.75, 3.05) is 0 Å². The summed E-state index contributed by atoms with van der Waals surface area (Å²) in [5, 5.41) is 3.60. The molecule has 30 heavy (non-hydrogen) atoms. The summed E-state index contributed by atoms with van der Waals surface area (Å²) in [6, 6.07) is 22.8. The predicted molar refractivity (Wildman–Crippen MR) is 118 cm³/mol. The number of carbonyl (C=O) groups excluding carboxylic acids is 2. The van der Waals surface area contributed by atoms with Gasteiger partial charge in [0, 0.05) is 23.7 Å². The molecule has 0 saturated heterocycles. The van der Waals surface area contributed by atoms with E-state index in [1.807, 2.05) is 73.7 Å². The SMILES string of the molecule is Cc1ccc([C@@H](CC(=O)NCc2cccc(Cl)c2)N2Cc3ccccc3C2=O)cc1. The Morgan fingerprint density at radius 1 is 1.07 bits per heavy atom. The summed E-state index contributed by atoms with van der Waals surface area (Å²) >= 11 is 6.03. The fraction of sp³-hybridized carbons (Fsp3) is 0.200. The molecule has 1 aliphatic heterocycles. The van der Waals surface area contributed by atoms with Crippen LogP contribution in [0.5, 0.6) is 0 Å². The molecular formula is C25H23ClN2O2. The van der Waals surface area contributed by atoms with E-state index >= 15 is 0 Å². The number of amides is 2. The molecule has 2 amide bonds. The quantitative estimate of drug-likeness (QED) is 0.608. The van der Waals surface area contributed by atoms with E-state index in [2.05, 4.69) is 5.32 Å². The molecule has 0 spiro atoms. The lowest BCUT2D eigenvalue weighted by molar-refractivity contribution is -0.122. The highest BCUT2D eigenvalue weighted by molar-refractivity contribution is 6.30. The number of fused-ring (bicyclic) bond motifs is 1. The van der Waals surface area contributed by atoms with E-state index in [9.17, 15) is 9.59 Å². The maximum absolute atomic E-state index is 13.1. The third-order valence-corrected chi connectivity index (χ3v) is 5.68. The van der Waals surface area contributed by atoms with Gasteiger partial charge in [-0.2, -0.15) is 0 Å². The summed E-state index contributed by atoms with van der Waals surface area (Å²) in [5.74, 6) is -0.136. The normalized spacial score (nSPS) is 13.8. The van der Waals surface area contributed by atoms with E-state index in [1.54, 1.807) is 11.0 Å².